The highest BCUT2D eigenvalue weighted by molar-refractivity contribution is 5.08. The van der Waals surface area contributed by atoms with Gasteiger partial charge < -0.3 is 10.1 Å². The van der Waals surface area contributed by atoms with Gasteiger partial charge in [-0.3, -0.25) is 0 Å². The van der Waals surface area contributed by atoms with Gasteiger partial charge in [0.05, 0.1) is 12.6 Å². The van der Waals surface area contributed by atoms with Gasteiger partial charge in [-0.1, -0.05) is 26.7 Å². The van der Waals surface area contributed by atoms with E-state index >= 15 is 0 Å². The smallest absolute Gasteiger partial charge is 0.109 e. The first-order valence-electron chi connectivity index (χ1n) is 7.87. The quantitative estimate of drug-likeness (QED) is 0.800. The zero-order valence-electron chi connectivity index (χ0n) is 12.1. The van der Waals surface area contributed by atoms with Gasteiger partial charge >= 0.3 is 0 Å². The number of allylic oxidation sites excluding steroid dienone is 1. The van der Waals surface area contributed by atoms with Crippen molar-refractivity contribution >= 4 is 0 Å². The molecule has 1 fully saturated rings. The molecular weight excluding hydrogens is 222 g/mol. The van der Waals surface area contributed by atoms with Crippen LogP contribution < -0.4 is 5.32 Å². The maximum atomic E-state index is 5.92. The van der Waals surface area contributed by atoms with Crippen LogP contribution in [0.3, 0.4) is 0 Å². The first kappa shape index (κ1) is 13.9. The molecule has 104 valence electrons. The molecule has 1 atom stereocenters. The number of ether oxygens (including phenoxy) is 1. The average molecular weight is 251 g/mol. The molecule has 0 aromatic heterocycles. The third-order valence-electron chi connectivity index (χ3n) is 4.42. The number of nitrogens with one attached hydrogen (secondary N) is 1. The summed E-state index contributed by atoms with van der Waals surface area (Å²) in [6, 6.07) is 0.484. The summed E-state index contributed by atoms with van der Waals surface area (Å²) in [5.41, 5.74) is 0. The van der Waals surface area contributed by atoms with Crippen LogP contribution in [-0.2, 0) is 4.74 Å². The van der Waals surface area contributed by atoms with Crippen LogP contribution in [0, 0.1) is 11.8 Å². The van der Waals surface area contributed by atoms with Crippen LogP contribution in [-0.4, -0.2) is 19.2 Å². The lowest BCUT2D eigenvalue weighted by atomic mass is 9.78. The van der Waals surface area contributed by atoms with E-state index in [9.17, 15) is 0 Å². The van der Waals surface area contributed by atoms with Gasteiger partial charge in [0.15, 0.2) is 0 Å². The van der Waals surface area contributed by atoms with Crippen LogP contribution in [0.15, 0.2) is 11.8 Å². The maximum absolute atomic E-state index is 5.92. The van der Waals surface area contributed by atoms with Crippen molar-refractivity contribution in [1.82, 2.24) is 5.32 Å². The van der Waals surface area contributed by atoms with E-state index in [1.165, 1.54) is 50.7 Å². The van der Waals surface area contributed by atoms with Crippen LogP contribution in [0.1, 0.15) is 58.8 Å². The van der Waals surface area contributed by atoms with E-state index in [1.54, 1.807) is 0 Å². The second-order valence-electron chi connectivity index (χ2n) is 6.05. The SMILES string of the molecule is CCCNC(C1=CCCCO1)C1CCC(C)CC1. The Bertz CT molecular complexity index is 266. The highest BCUT2D eigenvalue weighted by Crippen LogP contribution is 2.33. The molecule has 0 saturated heterocycles. The zero-order valence-corrected chi connectivity index (χ0v) is 12.1. The van der Waals surface area contributed by atoms with Gasteiger partial charge in [-0.05, 0) is 56.6 Å². The van der Waals surface area contributed by atoms with E-state index in [2.05, 4.69) is 25.2 Å². The largest absolute Gasteiger partial charge is 0.497 e. The minimum Gasteiger partial charge on any atom is -0.497 e. The van der Waals surface area contributed by atoms with E-state index < -0.39 is 0 Å². The molecule has 2 aliphatic rings. The molecule has 0 aromatic rings. The van der Waals surface area contributed by atoms with E-state index in [-0.39, 0.29) is 0 Å². The van der Waals surface area contributed by atoms with Crippen molar-refractivity contribution in [1.29, 1.82) is 0 Å². The number of rotatable bonds is 5. The second-order valence-corrected chi connectivity index (χ2v) is 6.05. The first-order valence-corrected chi connectivity index (χ1v) is 7.87. The predicted octanol–water partition coefficient (Wildman–Crippen LogP) is 3.88. The fourth-order valence-corrected chi connectivity index (χ4v) is 3.21. The van der Waals surface area contributed by atoms with Gasteiger partial charge in [0.25, 0.3) is 0 Å². The molecule has 0 aromatic carbocycles. The summed E-state index contributed by atoms with van der Waals surface area (Å²) in [7, 11) is 0. The summed E-state index contributed by atoms with van der Waals surface area (Å²) in [6.07, 6.45) is 11.4. The van der Waals surface area contributed by atoms with E-state index in [0.29, 0.717) is 6.04 Å². The predicted molar refractivity (Wildman–Crippen MR) is 76.5 cm³/mol. The number of hydrogen-bond donors (Lipinski definition) is 1. The van der Waals surface area contributed by atoms with Gasteiger partial charge in [-0.25, -0.2) is 0 Å². The minimum atomic E-state index is 0.484. The molecule has 1 aliphatic carbocycles. The van der Waals surface area contributed by atoms with Crippen LogP contribution in [0.5, 0.6) is 0 Å². The normalized spacial score (nSPS) is 30.4. The van der Waals surface area contributed by atoms with Crippen molar-refractivity contribution in [3.63, 3.8) is 0 Å². The van der Waals surface area contributed by atoms with Gasteiger partial charge in [-0.15, -0.1) is 0 Å². The molecule has 0 radical (unpaired) electrons. The molecule has 0 amide bonds. The molecule has 2 nitrogen and oxygen atoms in total. The third-order valence-corrected chi connectivity index (χ3v) is 4.42. The van der Waals surface area contributed by atoms with Gasteiger partial charge in [0.2, 0.25) is 0 Å². The van der Waals surface area contributed by atoms with Crippen LogP contribution in [0.25, 0.3) is 0 Å². The molecule has 2 heteroatoms. The van der Waals surface area contributed by atoms with Gasteiger partial charge in [-0.2, -0.15) is 0 Å². The maximum Gasteiger partial charge on any atom is 0.109 e. The summed E-state index contributed by atoms with van der Waals surface area (Å²) in [6.45, 7) is 6.65. The highest BCUT2D eigenvalue weighted by atomic mass is 16.5. The fourth-order valence-electron chi connectivity index (χ4n) is 3.21. The molecular formula is C16H29NO. The van der Waals surface area contributed by atoms with Crippen LogP contribution in [0.4, 0.5) is 0 Å². The van der Waals surface area contributed by atoms with Crippen molar-refractivity contribution in [3.05, 3.63) is 11.8 Å². The minimum absolute atomic E-state index is 0.484. The van der Waals surface area contributed by atoms with Crippen LogP contribution in [0.2, 0.25) is 0 Å². The molecule has 0 bridgehead atoms. The lowest BCUT2D eigenvalue weighted by molar-refractivity contribution is 0.133. The molecule has 2 rings (SSSR count). The molecule has 18 heavy (non-hydrogen) atoms. The molecule has 1 unspecified atom stereocenters. The molecule has 1 aliphatic heterocycles. The Hall–Kier alpha value is -0.500. The van der Waals surface area contributed by atoms with Gasteiger partial charge in [0, 0.05) is 0 Å². The Labute approximate surface area is 112 Å². The third kappa shape index (κ3) is 3.74. The Morgan fingerprint density at radius 2 is 2.11 bits per heavy atom. The summed E-state index contributed by atoms with van der Waals surface area (Å²) in [5.74, 6) is 2.96. The van der Waals surface area contributed by atoms with Gasteiger partial charge in [0.1, 0.15) is 5.76 Å². The lowest BCUT2D eigenvalue weighted by Crippen LogP contribution is -2.41. The standard InChI is InChI=1S/C16H29NO/c1-3-11-17-16(15-6-4-5-12-18-15)14-9-7-13(2)8-10-14/h6,13-14,16-17H,3-5,7-12H2,1-2H3. The molecule has 0 spiro atoms. The van der Waals surface area contributed by atoms with Crippen molar-refractivity contribution in [3.8, 4) is 0 Å². The highest BCUT2D eigenvalue weighted by Gasteiger charge is 2.29. The zero-order chi connectivity index (χ0) is 12.8. The van der Waals surface area contributed by atoms with Crippen molar-refractivity contribution < 1.29 is 4.74 Å². The Morgan fingerprint density at radius 3 is 2.72 bits per heavy atom. The topological polar surface area (TPSA) is 21.3 Å². The monoisotopic (exact) mass is 251 g/mol. The molecule has 1 N–H and O–H groups in total. The Balaban J connectivity index is 1.97. The second kappa shape index (κ2) is 7.18. The van der Waals surface area contributed by atoms with E-state index in [4.69, 9.17) is 4.74 Å². The summed E-state index contributed by atoms with van der Waals surface area (Å²) in [5, 5.41) is 3.73. The summed E-state index contributed by atoms with van der Waals surface area (Å²) < 4.78 is 5.92. The first-order chi connectivity index (χ1) is 8.81. The van der Waals surface area contributed by atoms with Crippen molar-refractivity contribution in [2.24, 2.45) is 11.8 Å². The summed E-state index contributed by atoms with van der Waals surface area (Å²) >= 11 is 0. The van der Waals surface area contributed by atoms with E-state index in [0.717, 1.165) is 25.0 Å². The Morgan fingerprint density at radius 1 is 1.33 bits per heavy atom. The fraction of sp³-hybridized carbons (Fsp3) is 0.875. The summed E-state index contributed by atoms with van der Waals surface area (Å²) in [4.78, 5) is 0. The van der Waals surface area contributed by atoms with Crippen molar-refractivity contribution in [2.45, 2.75) is 64.8 Å². The molecule has 1 saturated carbocycles. The van der Waals surface area contributed by atoms with Crippen LogP contribution >= 0.6 is 0 Å². The average Bonchev–Trinajstić information content (AvgIpc) is 2.42. The number of hydrogen-bond acceptors (Lipinski definition) is 2. The van der Waals surface area contributed by atoms with E-state index in [1.807, 2.05) is 0 Å². The Kier molecular flexibility index (Phi) is 5.55. The van der Waals surface area contributed by atoms with Crippen molar-refractivity contribution in [2.75, 3.05) is 13.2 Å². The molecule has 1 heterocycles. The lowest BCUT2D eigenvalue weighted by Gasteiger charge is -2.35.